The Labute approximate surface area is 247 Å². The number of hydrogen-bond donors (Lipinski definition) is 0. The number of aromatic nitrogens is 6. The molecule has 0 bridgehead atoms. The first-order valence-electron chi connectivity index (χ1n) is 14.8. The fourth-order valence-corrected chi connectivity index (χ4v) is 4.56. The zero-order valence-corrected chi connectivity index (χ0v) is 25.3. The lowest BCUT2D eigenvalue weighted by Crippen LogP contribution is -2.39. The normalized spacial score (nSPS) is 11.4. The van der Waals surface area contributed by atoms with Gasteiger partial charge in [0, 0.05) is 76.1 Å². The Balaban J connectivity index is 1.58. The van der Waals surface area contributed by atoms with Crippen molar-refractivity contribution < 1.29 is 28.6 Å². The van der Waals surface area contributed by atoms with Crippen LogP contribution in [0.15, 0.2) is 37.2 Å². The summed E-state index contributed by atoms with van der Waals surface area (Å²) in [4.78, 5) is 50.9. The van der Waals surface area contributed by atoms with Crippen molar-refractivity contribution in [2.24, 2.45) is 5.41 Å². The molecule has 3 aromatic rings. The quantitative estimate of drug-likeness (QED) is 0.153. The summed E-state index contributed by atoms with van der Waals surface area (Å²) < 4.78 is 22.7. The van der Waals surface area contributed by atoms with E-state index in [1.165, 1.54) is 0 Å². The summed E-state index contributed by atoms with van der Waals surface area (Å²) >= 11 is 0. The maximum Gasteiger partial charge on any atom is 0.307 e. The zero-order chi connectivity index (χ0) is 30.4. The molecule has 0 saturated carbocycles. The molecule has 42 heavy (non-hydrogen) atoms. The maximum atomic E-state index is 12.7. The highest BCUT2D eigenvalue weighted by Crippen LogP contribution is 2.25. The highest BCUT2D eigenvalue weighted by Gasteiger charge is 2.34. The van der Waals surface area contributed by atoms with Gasteiger partial charge in [0.15, 0.2) is 0 Å². The number of rotatable bonds is 19. The van der Waals surface area contributed by atoms with Crippen LogP contribution in [-0.2, 0) is 67.5 Å². The van der Waals surface area contributed by atoms with Gasteiger partial charge in [0.2, 0.25) is 0 Å². The number of imidazole rings is 3. The molecular formula is C30H44N6O6. The van der Waals surface area contributed by atoms with E-state index < -0.39 is 5.41 Å². The van der Waals surface area contributed by atoms with Crippen LogP contribution in [0.4, 0.5) is 0 Å². The average molecular weight is 585 g/mol. The van der Waals surface area contributed by atoms with Gasteiger partial charge in [0.1, 0.15) is 37.3 Å². The molecule has 0 unspecified atom stereocenters. The van der Waals surface area contributed by atoms with Crippen molar-refractivity contribution in [2.45, 2.75) is 92.3 Å². The molecule has 0 spiro atoms. The van der Waals surface area contributed by atoms with E-state index in [9.17, 15) is 14.4 Å². The number of carbonyl (C=O) groups is 3. The lowest BCUT2D eigenvalue weighted by molar-refractivity contribution is -0.162. The molecule has 3 rings (SSSR count). The summed E-state index contributed by atoms with van der Waals surface area (Å²) in [6.07, 6.45) is 13.9. The van der Waals surface area contributed by atoms with E-state index in [-0.39, 0.29) is 57.0 Å². The molecule has 12 nitrogen and oxygen atoms in total. The minimum Gasteiger partial charge on any atom is -0.465 e. The first-order chi connectivity index (χ1) is 20.3. The molecule has 3 heterocycles. The van der Waals surface area contributed by atoms with Crippen LogP contribution in [0.5, 0.6) is 0 Å². The van der Waals surface area contributed by atoms with Gasteiger partial charge in [-0.3, -0.25) is 14.4 Å². The summed E-state index contributed by atoms with van der Waals surface area (Å²) in [5.41, 5.74) is -0.877. The number of nitrogens with zero attached hydrogens (tertiary/aromatic N) is 6. The SMILES string of the molecule is CCc1nccn1CCC(=O)OCC(CC)(COC(=O)CCn1ccnc1CC)COC(=O)CCn1ccnc1CC. The van der Waals surface area contributed by atoms with Gasteiger partial charge < -0.3 is 27.9 Å². The van der Waals surface area contributed by atoms with Crippen molar-refractivity contribution in [1.29, 1.82) is 0 Å². The minimum absolute atomic E-state index is 0.0452. The van der Waals surface area contributed by atoms with Crippen LogP contribution in [0.1, 0.15) is 70.9 Å². The van der Waals surface area contributed by atoms with Crippen molar-refractivity contribution >= 4 is 17.9 Å². The Kier molecular flexibility index (Phi) is 12.8. The molecule has 0 radical (unpaired) electrons. The van der Waals surface area contributed by atoms with Gasteiger partial charge in [-0.05, 0) is 6.42 Å². The predicted molar refractivity (Wildman–Crippen MR) is 154 cm³/mol. The Morgan fingerprint density at radius 3 is 1.17 bits per heavy atom. The van der Waals surface area contributed by atoms with Crippen LogP contribution >= 0.6 is 0 Å². The zero-order valence-electron chi connectivity index (χ0n) is 25.3. The second-order valence-electron chi connectivity index (χ2n) is 10.3. The summed E-state index contributed by atoms with van der Waals surface area (Å²) in [6, 6.07) is 0. The molecule has 0 amide bonds. The highest BCUT2D eigenvalue weighted by molar-refractivity contribution is 5.70. The number of esters is 3. The number of aryl methyl sites for hydroxylation is 6. The third-order valence-electron chi connectivity index (χ3n) is 7.39. The molecule has 0 fully saturated rings. The Bertz CT molecular complexity index is 1130. The molecule has 0 aliphatic rings. The van der Waals surface area contributed by atoms with Crippen molar-refractivity contribution in [2.75, 3.05) is 19.8 Å². The van der Waals surface area contributed by atoms with Gasteiger partial charge >= 0.3 is 17.9 Å². The number of carbonyl (C=O) groups excluding carboxylic acids is 3. The standard InChI is InChI=1S/C30H44N6O6/c1-5-24-31-12-18-34(24)15-9-27(37)40-21-30(8-4,22-41-28(38)10-16-35-19-13-32-25(35)6-2)23-42-29(39)11-17-36-20-14-33-26(36)7-3/h12-14,18-20H,5-11,15-17,21-23H2,1-4H3. The predicted octanol–water partition coefficient (Wildman–Crippen LogP) is 3.56. The summed E-state index contributed by atoms with van der Waals surface area (Å²) in [7, 11) is 0. The average Bonchev–Trinajstić information content (AvgIpc) is 3.78. The van der Waals surface area contributed by atoms with Gasteiger partial charge in [-0.15, -0.1) is 0 Å². The summed E-state index contributed by atoms with van der Waals surface area (Å²) in [5, 5.41) is 0. The van der Waals surface area contributed by atoms with E-state index in [1.807, 2.05) is 60.0 Å². The van der Waals surface area contributed by atoms with E-state index in [0.29, 0.717) is 26.1 Å². The summed E-state index contributed by atoms with van der Waals surface area (Å²) in [5.74, 6) is 1.52. The largest absolute Gasteiger partial charge is 0.465 e. The molecule has 0 atom stereocenters. The molecule has 0 N–H and O–H groups in total. The Morgan fingerprint density at radius 1 is 0.595 bits per heavy atom. The molecule has 0 saturated heterocycles. The van der Waals surface area contributed by atoms with Crippen LogP contribution in [0.25, 0.3) is 0 Å². The third-order valence-corrected chi connectivity index (χ3v) is 7.39. The molecule has 3 aromatic heterocycles. The molecule has 0 aliphatic carbocycles. The van der Waals surface area contributed by atoms with E-state index in [0.717, 1.165) is 36.7 Å². The van der Waals surface area contributed by atoms with Crippen LogP contribution in [-0.4, -0.2) is 66.4 Å². The fraction of sp³-hybridized carbons (Fsp3) is 0.600. The van der Waals surface area contributed by atoms with Gasteiger partial charge in [-0.25, -0.2) is 15.0 Å². The monoisotopic (exact) mass is 584 g/mol. The van der Waals surface area contributed by atoms with E-state index in [4.69, 9.17) is 14.2 Å². The second kappa shape index (κ2) is 16.5. The first kappa shape index (κ1) is 32.6. The van der Waals surface area contributed by atoms with Gasteiger partial charge in [0.25, 0.3) is 0 Å². The van der Waals surface area contributed by atoms with Crippen molar-refractivity contribution in [3.8, 4) is 0 Å². The van der Waals surface area contributed by atoms with E-state index in [1.54, 1.807) is 18.6 Å². The molecule has 0 aromatic carbocycles. The fourth-order valence-electron chi connectivity index (χ4n) is 4.56. The smallest absolute Gasteiger partial charge is 0.307 e. The van der Waals surface area contributed by atoms with Gasteiger partial charge in [-0.2, -0.15) is 0 Å². The van der Waals surface area contributed by atoms with Gasteiger partial charge in [-0.1, -0.05) is 27.7 Å². The number of hydrogen-bond acceptors (Lipinski definition) is 9. The lowest BCUT2D eigenvalue weighted by Gasteiger charge is -2.31. The summed E-state index contributed by atoms with van der Waals surface area (Å²) in [6.45, 7) is 9.13. The van der Waals surface area contributed by atoms with Crippen LogP contribution < -0.4 is 0 Å². The van der Waals surface area contributed by atoms with Crippen LogP contribution in [0, 0.1) is 5.41 Å². The van der Waals surface area contributed by atoms with Crippen LogP contribution in [0.3, 0.4) is 0 Å². The Hall–Kier alpha value is -3.96. The maximum absolute atomic E-state index is 12.7. The van der Waals surface area contributed by atoms with Crippen molar-refractivity contribution in [3.05, 3.63) is 54.7 Å². The van der Waals surface area contributed by atoms with Crippen LogP contribution in [0.2, 0.25) is 0 Å². The second-order valence-corrected chi connectivity index (χ2v) is 10.3. The Morgan fingerprint density at radius 2 is 0.905 bits per heavy atom. The minimum atomic E-state index is -0.877. The van der Waals surface area contributed by atoms with E-state index >= 15 is 0 Å². The molecule has 0 aliphatic heterocycles. The highest BCUT2D eigenvalue weighted by atomic mass is 16.6. The third kappa shape index (κ3) is 9.56. The van der Waals surface area contributed by atoms with Crippen molar-refractivity contribution in [1.82, 2.24) is 28.7 Å². The van der Waals surface area contributed by atoms with Gasteiger partial charge in [0.05, 0.1) is 24.7 Å². The molecular weight excluding hydrogens is 540 g/mol. The first-order valence-corrected chi connectivity index (χ1v) is 14.8. The lowest BCUT2D eigenvalue weighted by atomic mass is 9.88. The molecule has 230 valence electrons. The van der Waals surface area contributed by atoms with E-state index in [2.05, 4.69) is 15.0 Å². The topological polar surface area (TPSA) is 132 Å². The number of ether oxygens (including phenoxy) is 3. The van der Waals surface area contributed by atoms with Crippen molar-refractivity contribution in [3.63, 3.8) is 0 Å². The molecule has 12 heteroatoms.